The first kappa shape index (κ1) is 15.1. The third kappa shape index (κ3) is 3.78. The van der Waals surface area contributed by atoms with Crippen LogP contribution in [-0.4, -0.2) is 22.4 Å². The predicted octanol–water partition coefficient (Wildman–Crippen LogP) is 3.98. The van der Waals surface area contributed by atoms with Crippen LogP contribution in [0.4, 0.5) is 5.69 Å². The topological polar surface area (TPSA) is 46.4 Å². The van der Waals surface area contributed by atoms with Gasteiger partial charge in [-0.3, -0.25) is 15.0 Å². The zero-order valence-electron chi connectivity index (χ0n) is 11.0. The number of hydrogen-bond donors (Lipinski definition) is 0. The van der Waals surface area contributed by atoms with E-state index in [1.54, 1.807) is 6.07 Å². The van der Waals surface area contributed by atoms with Gasteiger partial charge < -0.3 is 0 Å². The van der Waals surface area contributed by atoms with Crippen LogP contribution in [0.15, 0.2) is 22.7 Å². The van der Waals surface area contributed by atoms with Crippen molar-refractivity contribution >= 4 is 21.6 Å². The Morgan fingerprint density at radius 3 is 2.61 bits per heavy atom. The number of benzene rings is 1. The van der Waals surface area contributed by atoms with E-state index in [1.165, 1.54) is 6.07 Å². The molecule has 0 spiro atoms. The number of hydrogen-bond acceptors (Lipinski definition) is 3. The van der Waals surface area contributed by atoms with Gasteiger partial charge in [0.25, 0.3) is 5.69 Å². The average Bonchev–Trinajstić information content (AvgIpc) is 2.30. The molecule has 0 aromatic heterocycles. The molecule has 0 aliphatic heterocycles. The molecule has 0 saturated heterocycles. The van der Waals surface area contributed by atoms with Crippen LogP contribution >= 0.6 is 15.9 Å². The van der Waals surface area contributed by atoms with Crippen molar-refractivity contribution in [2.75, 3.05) is 6.54 Å². The maximum Gasteiger partial charge on any atom is 0.283 e. The number of nitro groups is 1. The van der Waals surface area contributed by atoms with E-state index < -0.39 is 0 Å². The molecule has 0 N–H and O–H groups in total. The predicted molar refractivity (Wildman–Crippen MR) is 76.6 cm³/mol. The quantitative estimate of drug-likeness (QED) is 0.589. The van der Waals surface area contributed by atoms with E-state index in [1.807, 2.05) is 6.07 Å². The average molecular weight is 315 g/mol. The Morgan fingerprint density at radius 2 is 2.11 bits per heavy atom. The lowest BCUT2D eigenvalue weighted by Crippen LogP contribution is -2.31. The molecule has 0 amide bonds. The van der Waals surface area contributed by atoms with Crippen LogP contribution in [0.5, 0.6) is 0 Å². The first-order valence-electron chi connectivity index (χ1n) is 6.13. The van der Waals surface area contributed by atoms with Crippen LogP contribution < -0.4 is 0 Å². The molecule has 0 heterocycles. The second-order valence-electron chi connectivity index (χ2n) is 4.57. The highest BCUT2D eigenvalue weighted by Crippen LogP contribution is 2.29. The normalized spacial score (nSPS) is 11.2. The summed E-state index contributed by atoms with van der Waals surface area (Å²) in [5, 5.41) is 10.9. The molecule has 0 saturated carbocycles. The Bertz CT molecular complexity index is 421. The Balaban J connectivity index is 2.96. The van der Waals surface area contributed by atoms with Gasteiger partial charge in [0.15, 0.2) is 0 Å². The fourth-order valence-electron chi connectivity index (χ4n) is 1.86. The van der Waals surface area contributed by atoms with Crippen LogP contribution in [0.3, 0.4) is 0 Å². The molecule has 0 atom stereocenters. The summed E-state index contributed by atoms with van der Waals surface area (Å²) in [7, 11) is 0. The molecule has 0 radical (unpaired) electrons. The second kappa shape index (κ2) is 6.85. The number of nitrogens with zero attached hydrogens (tertiary/aromatic N) is 2. The smallest absolute Gasteiger partial charge is 0.283 e. The van der Waals surface area contributed by atoms with Crippen LogP contribution in [0, 0.1) is 10.1 Å². The van der Waals surface area contributed by atoms with Gasteiger partial charge >= 0.3 is 0 Å². The maximum absolute atomic E-state index is 10.9. The van der Waals surface area contributed by atoms with Crippen LogP contribution in [0.1, 0.15) is 32.8 Å². The first-order chi connectivity index (χ1) is 8.47. The summed E-state index contributed by atoms with van der Waals surface area (Å²) in [6.07, 6.45) is 1.07. The van der Waals surface area contributed by atoms with Crippen LogP contribution in [0.2, 0.25) is 0 Å². The Labute approximate surface area is 116 Å². The van der Waals surface area contributed by atoms with Gasteiger partial charge in [0.2, 0.25) is 0 Å². The van der Waals surface area contributed by atoms with Gasteiger partial charge in [0, 0.05) is 18.7 Å². The fourth-order valence-corrected chi connectivity index (χ4v) is 2.39. The lowest BCUT2D eigenvalue weighted by Gasteiger charge is -2.26. The molecular weight excluding hydrogens is 296 g/mol. The van der Waals surface area contributed by atoms with Crippen molar-refractivity contribution in [3.8, 4) is 0 Å². The molecule has 100 valence electrons. The molecule has 18 heavy (non-hydrogen) atoms. The Kier molecular flexibility index (Phi) is 5.75. The Hall–Kier alpha value is -0.940. The van der Waals surface area contributed by atoms with Gasteiger partial charge in [-0.1, -0.05) is 19.1 Å². The molecule has 0 fully saturated rings. The van der Waals surface area contributed by atoms with Gasteiger partial charge in [0.05, 0.1) is 9.40 Å². The lowest BCUT2D eigenvalue weighted by atomic mass is 10.1. The molecular formula is C13H19BrN2O2. The molecule has 0 unspecified atom stereocenters. The largest absolute Gasteiger partial charge is 0.297 e. The summed E-state index contributed by atoms with van der Waals surface area (Å²) in [4.78, 5) is 12.8. The van der Waals surface area contributed by atoms with E-state index >= 15 is 0 Å². The van der Waals surface area contributed by atoms with Gasteiger partial charge in [-0.15, -0.1) is 0 Å². The summed E-state index contributed by atoms with van der Waals surface area (Å²) in [6.45, 7) is 8.14. The fraction of sp³-hybridized carbons (Fsp3) is 0.538. The molecule has 5 heteroatoms. The van der Waals surface area contributed by atoms with E-state index in [-0.39, 0.29) is 10.6 Å². The lowest BCUT2D eigenvalue weighted by molar-refractivity contribution is -0.385. The highest BCUT2D eigenvalue weighted by molar-refractivity contribution is 9.10. The third-order valence-corrected chi connectivity index (χ3v) is 3.79. The van der Waals surface area contributed by atoms with Gasteiger partial charge in [0.1, 0.15) is 0 Å². The Morgan fingerprint density at radius 1 is 1.44 bits per heavy atom. The van der Waals surface area contributed by atoms with E-state index in [4.69, 9.17) is 0 Å². The number of rotatable bonds is 6. The second-order valence-corrected chi connectivity index (χ2v) is 5.36. The minimum Gasteiger partial charge on any atom is -0.297 e. The summed E-state index contributed by atoms with van der Waals surface area (Å²) < 4.78 is 0.594. The molecule has 0 aliphatic carbocycles. The van der Waals surface area contributed by atoms with Crippen molar-refractivity contribution in [1.29, 1.82) is 0 Å². The monoisotopic (exact) mass is 314 g/mol. The molecule has 1 rings (SSSR count). The van der Waals surface area contributed by atoms with E-state index in [0.29, 0.717) is 10.5 Å². The van der Waals surface area contributed by atoms with Gasteiger partial charge in [-0.2, -0.15) is 0 Å². The highest BCUT2D eigenvalue weighted by Gasteiger charge is 2.17. The standard InChI is InChI=1S/C13H19BrN2O2/c1-4-8-15(10(2)3)9-11-6-5-7-12(13(11)14)16(17)18/h5-7,10H,4,8-9H2,1-3H3. The molecule has 0 aliphatic rings. The summed E-state index contributed by atoms with van der Waals surface area (Å²) in [6, 6.07) is 5.62. The van der Waals surface area contributed by atoms with Crippen molar-refractivity contribution in [3.05, 3.63) is 38.3 Å². The van der Waals surface area contributed by atoms with Crippen LogP contribution in [0.25, 0.3) is 0 Å². The van der Waals surface area contributed by atoms with Crippen molar-refractivity contribution < 1.29 is 4.92 Å². The molecule has 1 aromatic carbocycles. The van der Waals surface area contributed by atoms with E-state index in [2.05, 4.69) is 41.6 Å². The summed E-state index contributed by atoms with van der Waals surface area (Å²) in [5.74, 6) is 0. The first-order valence-corrected chi connectivity index (χ1v) is 6.92. The minimum absolute atomic E-state index is 0.132. The molecule has 4 nitrogen and oxygen atoms in total. The SMILES string of the molecule is CCCN(Cc1cccc([N+](=O)[O-])c1Br)C(C)C. The zero-order valence-corrected chi connectivity index (χ0v) is 12.6. The summed E-state index contributed by atoms with van der Waals surface area (Å²) >= 11 is 3.34. The van der Waals surface area contributed by atoms with Gasteiger partial charge in [-0.25, -0.2) is 0 Å². The van der Waals surface area contributed by atoms with Crippen molar-refractivity contribution in [2.24, 2.45) is 0 Å². The van der Waals surface area contributed by atoms with E-state index in [0.717, 1.165) is 25.1 Å². The highest BCUT2D eigenvalue weighted by atomic mass is 79.9. The third-order valence-electron chi connectivity index (χ3n) is 2.87. The van der Waals surface area contributed by atoms with Crippen molar-refractivity contribution in [3.63, 3.8) is 0 Å². The van der Waals surface area contributed by atoms with Gasteiger partial charge in [-0.05, 0) is 48.3 Å². The van der Waals surface area contributed by atoms with Crippen molar-refractivity contribution in [2.45, 2.75) is 39.8 Å². The molecule has 0 bridgehead atoms. The number of nitro benzene ring substituents is 1. The minimum atomic E-state index is -0.354. The zero-order chi connectivity index (χ0) is 13.7. The molecule has 1 aromatic rings. The summed E-state index contributed by atoms with van der Waals surface area (Å²) in [5.41, 5.74) is 1.10. The maximum atomic E-state index is 10.9. The number of halogens is 1. The van der Waals surface area contributed by atoms with Crippen LogP contribution in [-0.2, 0) is 6.54 Å². The van der Waals surface area contributed by atoms with E-state index in [9.17, 15) is 10.1 Å². The van der Waals surface area contributed by atoms with Crippen molar-refractivity contribution in [1.82, 2.24) is 4.90 Å².